The summed E-state index contributed by atoms with van der Waals surface area (Å²) in [5, 5.41) is 0.455. The first-order chi connectivity index (χ1) is 7.56. The molecule has 0 aliphatic rings. The van der Waals surface area contributed by atoms with E-state index in [-0.39, 0.29) is 0 Å². The van der Waals surface area contributed by atoms with Crippen LogP contribution in [-0.2, 0) is 11.2 Å². The molecule has 0 aromatic heterocycles. The summed E-state index contributed by atoms with van der Waals surface area (Å²) >= 11 is 0. The van der Waals surface area contributed by atoms with Crippen LogP contribution in [0, 0.1) is 0 Å². The van der Waals surface area contributed by atoms with E-state index >= 15 is 0 Å². The third-order valence-electron chi connectivity index (χ3n) is 2.89. The van der Waals surface area contributed by atoms with Crippen molar-refractivity contribution >= 4 is 13.5 Å². The van der Waals surface area contributed by atoms with Crippen LogP contribution in [0.2, 0.25) is 19.1 Å². The fraction of sp³-hybridized carbons (Fsp3) is 0.357. The minimum absolute atomic E-state index is 0.455. The maximum Gasteiger partial charge on any atom is 0.130 e. The number of aryl methyl sites for hydroxylation is 1. The molecular formula is C14H20OSi. The SMILES string of the molecule is C=CC[Si](C)(C)C(=O)CCc1ccccc1. The molecule has 1 aromatic rings. The fourth-order valence-corrected chi connectivity index (χ4v) is 3.47. The Hall–Kier alpha value is -1.15. The number of carbonyl (C=O) groups is 1. The van der Waals surface area contributed by atoms with Gasteiger partial charge in [0.05, 0.1) is 0 Å². The van der Waals surface area contributed by atoms with Crippen LogP contribution < -0.4 is 0 Å². The molecule has 86 valence electrons. The van der Waals surface area contributed by atoms with Crippen molar-refractivity contribution in [3.05, 3.63) is 48.6 Å². The predicted molar refractivity (Wildman–Crippen MR) is 72.3 cm³/mol. The average molecular weight is 232 g/mol. The molecule has 0 atom stereocenters. The van der Waals surface area contributed by atoms with Gasteiger partial charge in [-0.25, -0.2) is 0 Å². The molecule has 1 rings (SSSR count). The highest BCUT2D eigenvalue weighted by Gasteiger charge is 2.27. The van der Waals surface area contributed by atoms with Crippen LogP contribution >= 0.6 is 0 Å². The monoisotopic (exact) mass is 232 g/mol. The molecule has 2 heteroatoms. The predicted octanol–water partition coefficient (Wildman–Crippen LogP) is 3.62. The number of hydrogen-bond donors (Lipinski definition) is 0. The Morgan fingerprint density at radius 2 is 1.94 bits per heavy atom. The topological polar surface area (TPSA) is 17.1 Å². The van der Waals surface area contributed by atoms with Gasteiger partial charge in [-0.2, -0.15) is 0 Å². The van der Waals surface area contributed by atoms with Gasteiger partial charge in [0.15, 0.2) is 0 Å². The third-order valence-corrected chi connectivity index (χ3v) is 5.96. The molecule has 1 nitrogen and oxygen atoms in total. The van der Waals surface area contributed by atoms with E-state index in [0.29, 0.717) is 11.8 Å². The van der Waals surface area contributed by atoms with Crippen LogP contribution in [0.1, 0.15) is 12.0 Å². The zero-order valence-corrected chi connectivity index (χ0v) is 11.2. The van der Waals surface area contributed by atoms with E-state index in [0.717, 1.165) is 12.5 Å². The van der Waals surface area contributed by atoms with Crippen molar-refractivity contribution in [3.63, 3.8) is 0 Å². The van der Waals surface area contributed by atoms with Crippen molar-refractivity contribution in [1.29, 1.82) is 0 Å². The van der Waals surface area contributed by atoms with E-state index in [9.17, 15) is 4.79 Å². The molecule has 16 heavy (non-hydrogen) atoms. The van der Waals surface area contributed by atoms with Crippen molar-refractivity contribution < 1.29 is 4.79 Å². The van der Waals surface area contributed by atoms with E-state index in [1.165, 1.54) is 5.56 Å². The molecule has 0 N–H and O–H groups in total. The van der Waals surface area contributed by atoms with Crippen molar-refractivity contribution in [2.75, 3.05) is 0 Å². The molecule has 0 bridgehead atoms. The van der Waals surface area contributed by atoms with Crippen molar-refractivity contribution in [3.8, 4) is 0 Å². The van der Waals surface area contributed by atoms with Gasteiger partial charge in [-0.15, -0.1) is 6.58 Å². The number of allylic oxidation sites excluding steroid dienone is 1. The highest BCUT2D eigenvalue weighted by atomic mass is 28.3. The highest BCUT2D eigenvalue weighted by Crippen LogP contribution is 2.15. The Morgan fingerprint density at radius 3 is 2.50 bits per heavy atom. The average Bonchev–Trinajstić information content (AvgIpc) is 2.27. The number of hydrogen-bond acceptors (Lipinski definition) is 1. The van der Waals surface area contributed by atoms with Crippen LogP contribution in [0.15, 0.2) is 43.0 Å². The second kappa shape index (κ2) is 5.80. The van der Waals surface area contributed by atoms with Crippen LogP contribution in [0.5, 0.6) is 0 Å². The van der Waals surface area contributed by atoms with Gasteiger partial charge in [0.1, 0.15) is 13.5 Å². The summed E-state index contributed by atoms with van der Waals surface area (Å²) in [4.78, 5) is 12.0. The fourth-order valence-electron chi connectivity index (χ4n) is 1.72. The normalized spacial score (nSPS) is 11.1. The van der Waals surface area contributed by atoms with Gasteiger partial charge in [0.25, 0.3) is 0 Å². The lowest BCUT2D eigenvalue weighted by Crippen LogP contribution is -2.36. The number of carbonyl (C=O) groups excluding carboxylic acids is 1. The third kappa shape index (κ3) is 3.78. The molecule has 0 fully saturated rings. The minimum Gasteiger partial charge on any atom is -0.305 e. The lowest BCUT2D eigenvalue weighted by molar-refractivity contribution is -0.112. The van der Waals surface area contributed by atoms with E-state index in [1.54, 1.807) is 0 Å². The molecule has 0 aliphatic heterocycles. The summed E-state index contributed by atoms with van der Waals surface area (Å²) in [5.74, 6) is 0. The maximum absolute atomic E-state index is 12.0. The van der Waals surface area contributed by atoms with Crippen LogP contribution in [0.4, 0.5) is 0 Å². The minimum atomic E-state index is -1.72. The van der Waals surface area contributed by atoms with E-state index in [4.69, 9.17) is 0 Å². The van der Waals surface area contributed by atoms with Crippen molar-refractivity contribution in [2.45, 2.75) is 32.0 Å². The summed E-state index contributed by atoms with van der Waals surface area (Å²) in [6.07, 6.45) is 3.43. The molecule has 0 saturated heterocycles. The first kappa shape index (κ1) is 12.9. The maximum atomic E-state index is 12.0. The Morgan fingerprint density at radius 1 is 1.31 bits per heavy atom. The van der Waals surface area contributed by atoms with E-state index < -0.39 is 8.07 Å². The zero-order chi connectivity index (χ0) is 12.0. The van der Waals surface area contributed by atoms with Gasteiger partial charge in [-0.05, 0) is 18.0 Å². The van der Waals surface area contributed by atoms with Gasteiger partial charge < -0.3 is 4.79 Å². The van der Waals surface area contributed by atoms with E-state index in [2.05, 4.69) is 31.8 Å². The van der Waals surface area contributed by atoms with Crippen molar-refractivity contribution in [1.82, 2.24) is 0 Å². The highest BCUT2D eigenvalue weighted by molar-refractivity contribution is 7.04. The van der Waals surface area contributed by atoms with Crippen LogP contribution in [0.25, 0.3) is 0 Å². The second-order valence-electron chi connectivity index (χ2n) is 4.79. The van der Waals surface area contributed by atoms with Crippen LogP contribution in [0.3, 0.4) is 0 Å². The molecule has 0 heterocycles. The van der Waals surface area contributed by atoms with Gasteiger partial charge >= 0.3 is 0 Å². The summed E-state index contributed by atoms with van der Waals surface area (Å²) in [5.41, 5.74) is 1.25. The molecule has 1 aromatic carbocycles. The summed E-state index contributed by atoms with van der Waals surface area (Å²) in [7, 11) is -1.72. The van der Waals surface area contributed by atoms with Gasteiger partial charge in [-0.3, -0.25) is 0 Å². The Labute approximate surface area is 99.2 Å². The first-order valence-corrected chi connectivity index (χ1v) is 8.95. The van der Waals surface area contributed by atoms with Gasteiger partial charge in [-0.1, -0.05) is 49.5 Å². The second-order valence-corrected chi connectivity index (χ2v) is 9.52. The number of rotatable bonds is 6. The Bertz CT molecular complexity index is 354. The molecule has 0 spiro atoms. The molecule has 0 amide bonds. The molecule has 0 aliphatic carbocycles. The Balaban J connectivity index is 2.50. The standard InChI is InChI=1S/C14H20OSi/c1-4-12-16(2,3)14(15)11-10-13-8-6-5-7-9-13/h4-9H,1,10-12H2,2-3H3. The smallest absolute Gasteiger partial charge is 0.130 e. The molecular weight excluding hydrogens is 212 g/mol. The molecule has 0 unspecified atom stereocenters. The quantitative estimate of drug-likeness (QED) is 0.541. The zero-order valence-electron chi connectivity index (χ0n) is 10.2. The molecule has 0 saturated carbocycles. The molecule has 0 radical (unpaired) electrons. The summed E-state index contributed by atoms with van der Waals surface area (Å²) < 4.78 is 0. The van der Waals surface area contributed by atoms with Crippen LogP contribution in [-0.4, -0.2) is 13.5 Å². The lowest BCUT2D eigenvalue weighted by Gasteiger charge is -2.18. The number of benzene rings is 1. The van der Waals surface area contributed by atoms with Crippen molar-refractivity contribution in [2.24, 2.45) is 0 Å². The van der Waals surface area contributed by atoms with E-state index in [1.807, 2.05) is 24.3 Å². The Kier molecular flexibility index (Phi) is 4.68. The van der Waals surface area contributed by atoms with Gasteiger partial charge in [0.2, 0.25) is 0 Å². The first-order valence-electron chi connectivity index (χ1n) is 5.74. The summed E-state index contributed by atoms with van der Waals surface area (Å²) in [6.45, 7) is 7.98. The summed E-state index contributed by atoms with van der Waals surface area (Å²) in [6, 6.07) is 11.1. The van der Waals surface area contributed by atoms with Gasteiger partial charge in [0, 0.05) is 6.42 Å². The lowest BCUT2D eigenvalue weighted by atomic mass is 10.1. The largest absolute Gasteiger partial charge is 0.305 e.